The average molecular weight is 373 g/mol. The third-order valence-electron chi connectivity index (χ3n) is 3.44. The molecule has 1 heterocycles. The first-order valence-corrected chi connectivity index (χ1v) is 7.64. The molecule has 116 valence electrons. The number of amides is 1. The quantitative estimate of drug-likeness (QED) is 0.623. The van der Waals surface area contributed by atoms with Gasteiger partial charge in [-0.15, -0.1) is 0 Å². The third-order valence-corrected chi connectivity index (χ3v) is 3.97. The summed E-state index contributed by atoms with van der Waals surface area (Å²) in [5.74, 6) is -0.673. The Kier molecular flexibility index (Phi) is 3.92. The summed E-state index contributed by atoms with van der Waals surface area (Å²) in [6, 6.07) is 11.7. The Morgan fingerprint density at radius 2 is 1.78 bits per heavy atom. The molecular weight excluding hydrogens is 360 g/mol. The van der Waals surface area contributed by atoms with E-state index in [1.54, 1.807) is 31.2 Å². The minimum absolute atomic E-state index is 0.202. The predicted molar refractivity (Wildman–Crippen MR) is 92.5 cm³/mol. The average Bonchev–Trinajstić information content (AvgIpc) is 2.80. The SMILES string of the molecule is CC1=NN(c2ccc(Br)cc2)C(=O)/C1=C/c1ccc(O)c(O)c1. The Labute approximate surface area is 141 Å². The molecule has 0 spiro atoms. The normalized spacial score (nSPS) is 16.1. The van der Waals surface area contributed by atoms with Gasteiger partial charge in [-0.2, -0.15) is 10.1 Å². The van der Waals surface area contributed by atoms with Gasteiger partial charge in [0.1, 0.15) is 0 Å². The molecule has 0 aromatic heterocycles. The lowest BCUT2D eigenvalue weighted by molar-refractivity contribution is -0.114. The highest BCUT2D eigenvalue weighted by Gasteiger charge is 2.28. The fraction of sp³-hybridized carbons (Fsp3) is 0.0588. The minimum Gasteiger partial charge on any atom is -0.504 e. The molecule has 0 bridgehead atoms. The summed E-state index contributed by atoms with van der Waals surface area (Å²) in [5, 5.41) is 24.5. The van der Waals surface area contributed by atoms with E-state index in [9.17, 15) is 15.0 Å². The highest BCUT2D eigenvalue weighted by molar-refractivity contribution is 9.10. The lowest BCUT2D eigenvalue weighted by Gasteiger charge is -2.11. The molecule has 0 saturated carbocycles. The molecule has 0 fully saturated rings. The van der Waals surface area contributed by atoms with E-state index >= 15 is 0 Å². The summed E-state index contributed by atoms with van der Waals surface area (Å²) < 4.78 is 0.920. The monoisotopic (exact) mass is 372 g/mol. The summed E-state index contributed by atoms with van der Waals surface area (Å²) in [6.45, 7) is 1.75. The number of hydrogen-bond donors (Lipinski definition) is 2. The molecule has 6 heteroatoms. The zero-order valence-corrected chi connectivity index (χ0v) is 13.8. The van der Waals surface area contributed by atoms with Crippen molar-refractivity contribution in [2.45, 2.75) is 6.92 Å². The predicted octanol–water partition coefficient (Wildman–Crippen LogP) is 3.67. The van der Waals surface area contributed by atoms with Gasteiger partial charge < -0.3 is 10.2 Å². The fourth-order valence-electron chi connectivity index (χ4n) is 2.24. The van der Waals surface area contributed by atoms with Gasteiger partial charge in [-0.05, 0) is 55.0 Å². The van der Waals surface area contributed by atoms with Crippen LogP contribution >= 0.6 is 15.9 Å². The van der Waals surface area contributed by atoms with Gasteiger partial charge in [0.05, 0.1) is 17.0 Å². The second-order valence-corrected chi connectivity index (χ2v) is 6.00. The Balaban J connectivity index is 1.94. The van der Waals surface area contributed by atoms with Crippen LogP contribution in [0.3, 0.4) is 0 Å². The largest absolute Gasteiger partial charge is 0.504 e. The molecule has 1 aliphatic heterocycles. The number of nitrogens with zero attached hydrogens (tertiary/aromatic N) is 2. The molecular formula is C17H13BrN2O3. The highest BCUT2D eigenvalue weighted by Crippen LogP contribution is 2.29. The standard InChI is InChI=1S/C17H13BrN2O3/c1-10-14(8-11-2-7-15(21)16(22)9-11)17(23)20(19-10)13-5-3-12(18)4-6-13/h2-9,21-22H,1H3/b14-8+. The van der Waals surface area contributed by atoms with Crippen molar-refractivity contribution in [2.75, 3.05) is 5.01 Å². The number of carbonyl (C=O) groups is 1. The smallest absolute Gasteiger partial charge is 0.280 e. The van der Waals surface area contributed by atoms with Gasteiger partial charge in [-0.3, -0.25) is 4.79 Å². The van der Waals surface area contributed by atoms with Crippen LogP contribution in [0.1, 0.15) is 12.5 Å². The Bertz CT molecular complexity index is 841. The first-order chi connectivity index (χ1) is 11.0. The molecule has 2 N–H and O–H groups in total. The summed E-state index contributed by atoms with van der Waals surface area (Å²) in [4.78, 5) is 12.6. The molecule has 1 aliphatic rings. The molecule has 2 aromatic carbocycles. The Hall–Kier alpha value is -2.60. The van der Waals surface area contributed by atoms with Gasteiger partial charge >= 0.3 is 0 Å². The Morgan fingerprint density at radius 3 is 2.43 bits per heavy atom. The molecule has 3 rings (SSSR count). The van der Waals surface area contributed by atoms with Crippen molar-refractivity contribution < 1.29 is 15.0 Å². The molecule has 5 nitrogen and oxygen atoms in total. The maximum atomic E-state index is 12.6. The van der Waals surface area contributed by atoms with E-state index < -0.39 is 0 Å². The van der Waals surface area contributed by atoms with Gasteiger partial charge in [0, 0.05) is 4.47 Å². The van der Waals surface area contributed by atoms with Crippen LogP contribution in [-0.4, -0.2) is 21.8 Å². The number of hydrogen-bond acceptors (Lipinski definition) is 4. The van der Waals surface area contributed by atoms with E-state index in [-0.39, 0.29) is 17.4 Å². The molecule has 23 heavy (non-hydrogen) atoms. The van der Waals surface area contributed by atoms with Crippen molar-refractivity contribution >= 4 is 39.3 Å². The molecule has 1 amide bonds. The topological polar surface area (TPSA) is 73.1 Å². The second kappa shape index (κ2) is 5.89. The van der Waals surface area contributed by atoms with E-state index in [0.717, 1.165) is 4.47 Å². The molecule has 0 unspecified atom stereocenters. The van der Waals surface area contributed by atoms with Crippen LogP contribution in [-0.2, 0) is 4.79 Å². The first kappa shape index (κ1) is 15.3. The van der Waals surface area contributed by atoms with Crippen LogP contribution in [0.4, 0.5) is 5.69 Å². The van der Waals surface area contributed by atoms with E-state index in [0.29, 0.717) is 22.5 Å². The lowest BCUT2D eigenvalue weighted by atomic mass is 10.1. The number of anilines is 1. The van der Waals surface area contributed by atoms with E-state index in [2.05, 4.69) is 21.0 Å². The van der Waals surface area contributed by atoms with Crippen LogP contribution in [0.25, 0.3) is 6.08 Å². The zero-order valence-electron chi connectivity index (χ0n) is 12.2. The maximum Gasteiger partial charge on any atom is 0.280 e. The number of rotatable bonds is 2. The van der Waals surface area contributed by atoms with Crippen molar-refractivity contribution in [2.24, 2.45) is 5.10 Å². The van der Waals surface area contributed by atoms with Crippen molar-refractivity contribution in [3.05, 3.63) is 58.1 Å². The number of hydrazone groups is 1. The highest BCUT2D eigenvalue weighted by atomic mass is 79.9. The summed E-state index contributed by atoms with van der Waals surface area (Å²) in [7, 11) is 0. The van der Waals surface area contributed by atoms with Crippen molar-refractivity contribution in [3.8, 4) is 11.5 Å². The van der Waals surface area contributed by atoms with Crippen molar-refractivity contribution in [1.29, 1.82) is 0 Å². The van der Waals surface area contributed by atoms with Crippen LogP contribution in [0, 0.1) is 0 Å². The van der Waals surface area contributed by atoms with Gasteiger partial charge in [0.15, 0.2) is 11.5 Å². The zero-order chi connectivity index (χ0) is 16.6. The number of phenols is 2. The van der Waals surface area contributed by atoms with Crippen LogP contribution < -0.4 is 5.01 Å². The molecule has 0 atom stereocenters. The number of halogens is 1. The van der Waals surface area contributed by atoms with Crippen LogP contribution in [0.2, 0.25) is 0 Å². The van der Waals surface area contributed by atoms with Crippen LogP contribution in [0.5, 0.6) is 11.5 Å². The number of benzene rings is 2. The van der Waals surface area contributed by atoms with Gasteiger partial charge in [0.25, 0.3) is 5.91 Å². The number of aromatic hydroxyl groups is 2. The Morgan fingerprint density at radius 1 is 1.09 bits per heavy atom. The summed E-state index contributed by atoms with van der Waals surface area (Å²) in [5.41, 5.74) is 2.31. The lowest BCUT2D eigenvalue weighted by Crippen LogP contribution is -2.21. The number of carbonyl (C=O) groups excluding carboxylic acids is 1. The van der Waals surface area contributed by atoms with Gasteiger partial charge in [-0.25, -0.2) is 0 Å². The number of phenolic OH excluding ortho intramolecular Hbond substituents is 2. The van der Waals surface area contributed by atoms with Crippen molar-refractivity contribution in [1.82, 2.24) is 0 Å². The third kappa shape index (κ3) is 2.98. The van der Waals surface area contributed by atoms with Crippen LogP contribution in [0.15, 0.2) is 57.6 Å². The minimum atomic E-state index is -0.239. The van der Waals surface area contributed by atoms with E-state index in [1.807, 2.05) is 12.1 Å². The molecule has 0 saturated heterocycles. The summed E-state index contributed by atoms with van der Waals surface area (Å²) in [6.07, 6.45) is 1.64. The maximum absolute atomic E-state index is 12.6. The van der Waals surface area contributed by atoms with Gasteiger partial charge in [-0.1, -0.05) is 22.0 Å². The molecule has 2 aromatic rings. The van der Waals surface area contributed by atoms with E-state index in [4.69, 9.17) is 0 Å². The van der Waals surface area contributed by atoms with Crippen molar-refractivity contribution in [3.63, 3.8) is 0 Å². The second-order valence-electron chi connectivity index (χ2n) is 5.08. The molecule has 0 aliphatic carbocycles. The molecule has 0 radical (unpaired) electrons. The fourth-order valence-corrected chi connectivity index (χ4v) is 2.50. The first-order valence-electron chi connectivity index (χ1n) is 6.85. The van der Waals surface area contributed by atoms with Gasteiger partial charge in [0.2, 0.25) is 0 Å². The summed E-state index contributed by atoms with van der Waals surface area (Å²) >= 11 is 3.35. The van der Waals surface area contributed by atoms with E-state index in [1.165, 1.54) is 17.1 Å².